The molecule has 0 radical (unpaired) electrons. The fraction of sp³-hybridized carbons (Fsp3) is 0.300. The zero-order chi connectivity index (χ0) is 17.9. The lowest BCUT2D eigenvalue weighted by atomic mass is 10.0. The Bertz CT molecular complexity index is 659. The van der Waals surface area contributed by atoms with Gasteiger partial charge in [-0.2, -0.15) is 0 Å². The van der Waals surface area contributed by atoms with Crippen LogP contribution in [0.1, 0.15) is 35.2 Å². The summed E-state index contributed by atoms with van der Waals surface area (Å²) in [4.78, 5) is 23.7. The van der Waals surface area contributed by atoms with Gasteiger partial charge < -0.3 is 15.8 Å². The molecule has 132 valence electrons. The number of alkyl carbamates (subject to hydrolysis) is 1. The molecule has 0 bridgehead atoms. The van der Waals surface area contributed by atoms with E-state index in [9.17, 15) is 9.59 Å². The first-order valence-corrected chi connectivity index (χ1v) is 8.46. The van der Waals surface area contributed by atoms with Gasteiger partial charge >= 0.3 is 6.09 Å². The summed E-state index contributed by atoms with van der Waals surface area (Å²) in [5.41, 5.74) is 7.53. The van der Waals surface area contributed by atoms with Gasteiger partial charge in [-0.3, -0.25) is 4.79 Å². The summed E-state index contributed by atoms with van der Waals surface area (Å²) in [6.45, 7) is 0.753. The van der Waals surface area contributed by atoms with Crippen LogP contribution in [-0.2, 0) is 11.3 Å². The monoisotopic (exact) mass is 340 g/mol. The van der Waals surface area contributed by atoms with Crippen molar-refractivity contribution in [3.8, 4) is 0 Å². The van der Waals surface area contributed by atoms with Gasteiger partial charge in [-0.05, 0) is 24.8 Å². The van der Waals surface area contributed by atoms with Crippen molar-refractivity contribution >= 4 is 11.9 Å². The van der Waals surface area contributed by atoms with Gasteiger partial charge in [-0.25, -0.2) is 4.79 Å². The van der Waals surface area contributed by atoms with Crippen molar-refractivity contribution in [1.29, 1.82) is 0 Å². The first-order chi connectivity index (χ1) is 12.2. The van der Waals surface area contributed by atoms with Gasteiger partial charge in [0.2, 0.25) is 0 Å². The number of nitrogens with two attached hydrogens (primary N) is 1. The van der Waals surface area contributed by atoms with E-state index in [1.807, 2.05) is 48.5 Å². The second-order valence-corrected chi connectivity index (χ2v) is 5.82. The molecule has 0 aliphatic rings. The predicted molar refractivity (Wildman–Crippen MR) is 97.2 cm³/mol. The van der Waals surface area contributed by atoms with E-state index in [-0.39, 0.29) is 12.4 Å². The number of amides is 1. The Balaban J connectivity index is 1.56. The molecule has 0 aliphatic carbocycles. The Morgan fingerprint density at radius 3 is 2.28 bits per heavy atom. The average molecular weight is 340 g/mol. The number of carbonyl (C=O) groups excluding carboxylic acids is 2. The van der Waals surface area contributed by atoms with Crippen molar-refractivity contribution in [2.45, 2.75) is 31.9 Å². The number of ether oxygens (including phenoxy) is 1. The van der Waals surface area contributed by atoms with Crippen LogP contribution in [0.15, 0.2) is 60.7 Å². The van der Waals surface area contributed by atoms with Gasteiger partial charge in [-0.15, -0.1) is 0 Å². The van der Waals surface area contributed by atoms with Crippen LogP contribution in [0.5, 0.6) is 0 Å². The van der Waals surface area contributed by atoms with Gasteiger partial charge in [0, 0.05) is 12.1 Å². The minimum absolute atomic E-state index is 0.0455. The molecule has 0 fully saturated rings. The zero-order valence-corrected chi connectivity index (χ0v) is 14.2. The third kappa shape index (κ3) is 6.77. The maximum atomic E-state index is 12.1. The second-order valence-electron chi connectivity index (χ2n) is 5.82. The molecule has 2 rings (SSSR count). The number of Topliss-reactive ketones (excluding diaryl/α,β-unsaturated/α-hetero) is 1. The summed E-state index contributed by atoms with van der Waals surface area (Å²) in [6, 6.07) is 18.1. The van der Waals surface area contributed by atoms with E-state index >= 15 is 0 Å². The molecule has 3 N–H and O–H groups in total. The molecule has 0 heterocycles. The number of unbranched alkanes of at least 4 members (excludes halogenated alkanes) is 1. The molecule has 1 amide bonds. The second kappa shape index (κ2) is 10.3. The summed E-state index contributed by atoms with van der Waals surface area (Å²) in [5.74, 6) is -0.0455. The van der Waals surface area contributed by atoms with Gasteiger partial charge in [0.15, 0.2) is 5.78 Å². The first kappa shape index (κ1) is 18.7. The molecule has 0 aromatic heterocycles. The lowest BCUT2D eigenvalue weighted by Crippen LogP contribution is -2.31. The maximum absolute atomic E-state index is 12.1. The number of nitrogens with one attached hydrogen (secondary N) is 1. The summed E-state index contributed by atoms with van der Waals surface area (Å²) >= 11 is 0. The number of hydrogen-bond acceptors (Lipinski definition) is 4. The third-order valence-electron chi connectivity index (χ3n) is 3.82. The number of rotatable bonds is 9. The van der Waals surface area contributed by atoms with Crippen LogP contribution in [0.25, 0.3) is 0 Å². The van der Waals surface area contributed by atoms with E-state index in [1.165, 1.54) is 0 Å². The Kier molecular flexibility index (Phi) is 7.66. The molecule has 0 saturated heterocycles. The number of hydrogen-bond donors (Lipinski definition) is 2. The van der Waals surface area contributed by atoms with Gasteiger partial charge in [0.05, 0.1) is 6.04 Å². The van der Waals surface area contributed by atoms with Gasteiger partial charge in [0.1, 0.15) is 6.61 Å². The maximum Gasteiger partial charge on any atom is 0.407 e. The highest BCUT2D eigenvalue weighted by molar-refractivity contribution is 5.99. The van der Waals surface area contributed by atoms with Crippen molar-refractivity contribution in [1.82, 2.24) is 5.32 Å². The zero-order valence-electron chi connectivity index (χ0n) is 14.2. The van der Waals surface area contributed by atoms with Crippen molar-refractivity contribution < 1.29 is 14.3 Å². The Morgan fingerprint density at radius 1 is 0.960 bits per heavy atom. The third-order valence-corrected chi connectivity index (χ3v) is 3.82. The van der Waals surface area contributed by atoms with Crippen LogP contribution in [0.2, 0.25) is 0 Å². The molecule has 0 unspecified atom stereocenters. The quantitative estimate of drug-likeness (QED) is 0.542. The predicted octanol–water partition coefficient (Wildman–Crippen LogP) is 3.29. The van der Waals surface area contributed by atoms with Crippen molar-refractivity contribution in [3.05, 3.63) is 71.8 Å². The summed E-state index contributed by atoms with van der Waals surface area (Å²) < 4.78 is 5.12. The topological polar surface area (TPSA) is 81.4 Å². The number of benzene rings is 2. The Labute approximate surface area is 148 Å². The summed E-state index contributed by atoms with van der Waals surface area (Å²) in [6.07, 6.45) is 1.66. The standard InChI is InChI=1S/C20H24N2O3/c21-18(19(23)17-11-5-2-6-12-17)13-7-8-14-22-20(24)25-15-16-9-3-1-4-10-16/h1-6,9-12,18H,7-8,13-15,21H2,(H,22,24)/t18-/m0/s1. The first-order valence-electron chi connectivity index (χ1n) is 8.46. The van der Waals surface area contributed by atoms with Gasteiger partial charge in [0.25, 0.3) is 0 Å². The highest BCUT2D eigenvalue weighted by Gasteiger charge is 2.14. The summed E-state index contributed by atoms with van der Waals surface area (Å²) in [5, 5.41) is 2.70. The summed E-state index contributed by atoms with van der Waals surface area (Å²) in [7, 11) is 0. The molecular formula is C20H24N2O3. The van der Waals surface area contributed by atoms with Crippen LogP contribution < -0.4 is 11.1 Å². The van der Waals surface area contributed by atoms with Crippen LogP contribution in [-0.4, -0.2) is 24.5 Å². The number of ketones is 1. The van der Waals surface area contributed by atoms with E-state index in [2.05, 4.69) is 5.32 Å². The van der Waals surface area contributed by atoms with Crippen LogP contribution in [0, 0.1) is 0 Å². The molecular weight excluding hydrogens is 316 g/mol. The van der Waals surface area contributed by atoms with Crippen molar-refractivity contribution in [3.63, 3.8) is 0 Å². The number of carbonyl (C=O) groups is 2. The van der Waals surface area contributed by atoms with Crippen molar-refractivity contribution in [2.24, 2.45) is 5.73 Å². The average Bonchev–Trinajstić information content (AvgIpc) is 2.67. The Hall–Kier alpha value is -2.66. The molecule has 0 saturated carbocycles. The van der Waals surface area contributed by atoms with Crippen LogP contribution in [0.3, 0.4) is 0 Å². The molecule has 0 spiro atoms. The highest BCUT2D eigenvalue weighted by atomic mass is 16.5. The lowest BCUT2D eigenvalue weighted by Gasteiger charge is -2.11. The molecule has 5 heteroatoms. The fourth-order valence-electron chi connectivity index (χ4n) is 2.40. The minimum Gasteiger partial charge on any atom is -0.445 e. The fourth-order valence-corrected chi connectivity index (χ4v) is 2.40. The van der Waals surface area contributed by atoms with Crippen LogP contribution in [0.4, 0.5) is 4.79 Å². The smallest absolute Gasteiger partial charge is 0.407 e. The van der Waals surface area contributed by atoms with E-state index < -0.39 is 12.1 Å². The minimum atomic E-state index is -0.507. The van der Waals surface area contributed by atoms with Crippen molar-refractivity contribution in [2.75, 3.05) is 6.54 Å². The molecule has 5 nitrogen and oxygen atoms in total. The SMILES string of the molecule is N[C@@H](CCCCNC(=O)OCc1ccccc1)C(=O)c1ccccc1. The van der Waals surface area contributed by atoms with E-state index in [4.69, 9.17) is 10.5 Å². The molecule has 0 aliphatic heterocycles. The molecule has 2 aromatic rings. The lowest BCUT2D eigenvalue weighted by molar-refractivity contribution is 0.0955. The largest absolute Gasteiger partial charge is 0.445 e. The van der Waals surface area contributed by atoms with Crippen LogP contribution >= 0.6 is 0 Å². The molecule has 1 atom stereocenters. The van der Waals surface area contributed by atoms with E-state index in [0.717, 1.165) is 18.4 Å². The van der Waals surface area contributed by atoms with E-state index in [0.29, 0.717) is 18.5 Å². The normalized spacial score (nSPS) is 11.6. The molecule has 25 heavy (non-hydrogen) atoms. The highest BCUT2D eigenvalue weighted by Crippen LogP contribution is 2.07. The van der Waals surface area contributed by atoms with E-state index in [1.54, 1.807) is 12.1 Å². The van der Waals surface area contributed by atoms with Gasteiger partial charge in [-0.1, -0.05) is 60.7 Å². The Morgan fingerprint density at radius 2 is 1.60 bits per heavy atom. The molecule has 2 aromatic carbocycles.